The standard InChI is InChI=1S/C13H16N2O3S2/c1-9-3-4-11-10(7-9)14-13(19-8-12(16)17)15(11)5-6-20(2)18/h3-4,7H,5-6,8H2,1-2H3,(H,16,17). The van der Waals surface area contributed by atoms with Crippen LogP contribution in [0.1, 0.15) is 5.56 Å². The number of rotatable bonds is 6. The van der Waals surface area contributed by atoms with Gasteiger partial charge in [-0.05, 0) is 24.6 Å². The molecular formula is C13H16N2O3S2. The van der Waals surface area contributed by atoms with E-state index in [0.29, 0.717) is 17.5 Å². The molecule has 108 valence electrons. The Morgan fingerprint density at radius 3 is 2.90 bits per heavy atom. The summed E-state index contributed by atoms with van der Waals surface area (Å²) in [5.74, 6) is -0.374. The number of hydrogen-bond acceptors (Lipinski definition) is 4. The Morgan fingerprint density at radius 2 is 2.25 bits per heavy atom. The summed E-state index contributed by atoms with van der Waals surface area (Å²) >= 11 is 1.19. The molecule has 1 atom stereocenters. The fourth-order valence-corrected chi connectivity index (χ4v) is 3.09. The van der Waals surface area contributed by atoms with E-state index >= 15 is 0 Å². The van der Waals surface area contributed by atoms with Crippen LogP contribution in [0.5, 0.6) is 0 Å². The molecule has 0 amide bonds. The van der Waals surface area contributed by atoms with Crippen molar-refractivity contribution in [3.05, 3.63) is 23.8 Å². The minimum absolute atomic E-state index is 0.0302. The molecule has 2 aromatic rings. The Kier molecular flexibility index (Phi) is 4.82. The second-order valence-electron chi connectivity index (χ2n) is 4.50. The first kappa shape index (κ1) is 15.1. The summed E-state index contributed by atoms with van der Waals surface area (Å²) < 4.78 is 13.2. The molecule has 1 unspecified atom stereocenters. The second kappa shape index (κ2) is 6.41. The highest BCUT2D eigenvalue weighted by molar-refractivity contribution is 7.99. The lowest BCUT2D eigenvalue weighted by molar-refractivity contribution is -0.133. The van der Waals surface area contributed by atoms with Crippen molar-refractivity contribution >= 4 is 39.6 Å². The van der Waals surface area contributed by atoms with E-state index in [1.165, 1.54) is 11.8 Å². The minimum atomic E-state index is -0.893. The Labute approximate surface area is 123 Å². The van der Waals surface area contributed by atoms with E-state index in [-0.39, 0.29) is 5.75 Å². The average molecular weight is 312 g/mol. The summed E-state index contributed by atoms with van der Waals surface area (Å²) in [6.45, 7) is 2.56. The first-order valence-corrected chi connectivity index (χ1v) is 8.80. The van der Waals surface area contributed by atoms with Gasteiger partial charge in [0.2, 0.25) is 0 Å². The number of carboxylic acids is 1. The first-order chi connectivity index (χ1) is 9.47. The van der Waals surface area contributed by atoms with E-state index in [2.05, 4.69) is 4.98 Å². The number of aryl methyl sites for hydroxylation is 2. The van der Waals surface area contributed by atoms with Gasteiger partial charge < -0.3 is 9.67 Å². The third-order valence-electron chi connectivity index (χ3n) is 2.80. The molecule has 0 aliphatic heterocycles. The van der Waals surface area contributed by atoms with Gasteiger partial charge in [-0.25, -0.2) is 4.98 Å². The van der Waals surface area contributed by atoms with E-state index in [0.717, 1.165) is 16.6 Å². The fourth-order valence-electron chi connectivity index (χ4n) is 1.89. The number of nitrogens with zero attached hydrogens (tertiary/aromatic N) is 2. The van der Waals surface area contributed by atoms with E-state index in [9.17, 15) is 9.00 Å². The van der Waals surface area contributed by atoms with Crippen LogP contribution in [0.3, 0.4) is 0 Å². The van der Waals surface area contributed by atoms with Crippen molar-refractivity contribution < 1.29 is 14.1 Å². The first-order valence-electron chi connectivity index (χ1n) is 6.09. The normalized spacial score (nSPS) is 12.7. The lowest BCUT2D eigenvalue weighted by atomic mass is 10.2. The van der Waals surface area contributed by atoms with Gasteiger partial charge in [-0.2, -0.15) is 0 Å². The maximum atomic E-state index is 11.3. The van der Waals surface area contributed by atoms with Crippen molar-refractivity contribution in [1.82, 2.24) is 9.55 Å². The molecule has 1 aromatic heterocycles. The van der Waals surface area contributed by atoms with E-state index in [4.69, 9.17) is 5.11 Å². The van der Waals surface area contributed by atoms with Crippen molar-refractivity contribution in [2.24, 2.45) is 0 Å². The molecule has 0 aliphatic rings. The van der Waals surface area contributed by atoms with Crippen molar-refractivity contribution in [3.63, 3.8) is 0 Å². The number of thioether (sulfide) groups is 1. The second-order valence-corrected chi connectivity index (χ2v) is 7.00. The van der Waals surface area contributed by atoms with Crippen LogP contribution in [-0.4, -0.2) is 42.6 Å². The molecule has 1 aromatic carbocycles. The summed E-state index contributed by atoms with van der Waals surface area (Å²) in [5, 5.41) is 9.46. The predicted octanol–water partition coefficient (Wildman–Crippen LogP) is 1.90. The molecular weight excluding hydrogens is 296 g/mol. The minimum Gasteiger partial charge on any atom is -0.481 e. The van der Waals surface area contributed by atoms with Gasteiger partial charge in [0.15, 0.2) is 5.16 Å². The summed E-state index contributed by atoms with van der Waals surface area (Å²) in [4.78, 5) is 15.2. The van der Waals surface area contributed by atoms with Gasteiger partial charge in [0.25, 0.3) is 0 Å². The molecule has 0 saturated carbocycles. The largest absolute Gasteiger partial charge is 0.481 e. The molecule has 0 fully saturated rings. The molecule has 1 N–H and O–H groups in total. The molecule has 0 radical (unpaired) electrons. The van der Waals surface area contributed by atoms with Gasteiger partial charge in [-0.15, -0.1) is 0 Å². The van der Waals surface area contributed by atoms with Crippen molar-refractivity contribution in [3.8, 4) is 0 Å². The van der Waals surface area contributed by atoms with Gasteiger partial charge in [0.1, 0.15) is 0 Å². The molecule has 0 saturated heterocycles. The predicted molar refractivity (Wildman–Crippen MR) is 81.8 cm³/mol. The van der Waals surface area contributed by atoms with Crippen molar-refractivity contribution in [1.29, 1.82) is 0 Å². The number of benzene rings is 1. The monoisotopic (exact) mass is 312 g/mol. The van der Waals surface area contributed by atoms with E-state index in [1.807, 2.05) is 29.7 Å². The Hall–Kier alpha value is -1.34. The molecule has 0 spiro atoms. The number of imidazole rings is 1. The highest BCUT2D eigenvalue weighted by Gasteiger charge is 2.13. The van der Waals surface area contributed by atoms with Gasteiger partial charge >= 0.3 is 5.97 Å². The third kappa shape index (κ3) is 3.61. The van der Waals surface area contributed by atoms with Crippen LogP contribution in [0.15, 0.2) is 23.4 Å². The van der Waals surface area contributed by atoms with Crippen LogP contribution in [0.4, 0.5) is 0 Å². The van der Waals surface area contributed by atoms with Gasteiger partial charge in [0.05, 0.1) is 16.8 Å². The Morgan fingerprint density at radius 1 is 1.50 bits per heavy atom. The smallest absolute Gasteiger partial charge is 0.313 e. The zero-order chi connectivity index (χ0) is 14.7. The molecule has 5 nitrogen and oxygen atoms in total. The van der Waals surface area contributed by atoms with Crippen LogP contribution in [-0.2, 0) is 22.1 Å². The zero-order valence-corrected chi connectivity index (χ0v) is 13.0. The summed E-state index contributed by atoms with van der Waals surface area (Å²) in [6.07, 6.45) is 1.66. The highest BCUT2D eigenvalue weighted by atomic mass is 32.2. The Bertz CT molecular complexity index is 667. The molecule has 1 heterocycles. The van der Waals surface area contributed by atoms with E-state index in [1.54, 1.807) is 6.26 Å². The number of carbonyl (C=O) groups is 1. The highest BCUT2D eigenvalue weighted by Crippen LogP contribution is 2.24. The van der Waals surface area contributed by atoms with Crippen LogP contribution < -0.4 is 0 Å². The van der Waals surface area contributed by atoms with Gasteiger partial charge in [0, 0.05) is 29.4 Å². The molecule has 0 aliphatic carbocycles. The third-order valence-corrected chi connectivity index (χ3v) is 4.51. The van der Waals surface area contributed by atoms with Gasteiger partial charge in [-0.3, -0.25) is 9.00 Å². The zero-order valence-electron chi connectivity index (χ0n) is 11.3. The number of aliphatic carboxylic acids is 1. The maximum absolute atomic E-state index is 11.3. The fraction of sp³-hybridized carbons (Fsp3) is 0.385. The van der Waals surface area contributed by atoms with Crippen LogP contribution >= 0.6 is 11.8 Å². The quantitative estimate of drug-likeness (QED) is 0.825. The number of aromatic nitrogens is 2. The molecule has 0 bridgehead atoms. The maximum Gasteiger partial charge on any atom is 0.313 e. The average Bonchev–Trinajstić information content (AvgIpc) is 2.70. The number of hydrogen-bond donors (Lipinski definition) is 1. The van der Waals surface area contributed by atoms with Crippen molar-refractivity contribution in [2.45, 2.75) is 18.6 Å². The number of fused-ring (bicyclic) bond motifs is 1. The topological polar surface area (TPSA) is 72.2 Å². The lowest BCUT2D eigenvalue weighted by Gasteiger charge is -2.07. The Balaban J connectivity index is 2.39. The lowest BCUT2D eigenvalue weighted by Crippen LogP contribution is -2.08. The summed E-state index contributed by atoms with van der Waals surface area (Å²) in [6, 6.07) is 5.94. The summed E-state index contributed by atoms with van der Waals surface area (Å²) in [5.41, 5.74) is 2.91. The molecule has 20 heavy (non-hydrogen) atoms. The molecule has 2 rings (SSSR count). The number of carboxylic acid groups (broad SMARTS) is 1. The molecule has 7 heteroatoms. The van der Waals surface area contributed by atoms with E-state index < -0.39 is 16.8 Å². The van der Waals surface area contributed by atoms with Crippen LogP contribution in [0, 0.1) is 6.92 Å². The van der Waals surface area contributed by atoms with Crippen LogP contribution in [0.2, 0.25) is 0 Å². The van der Waals surface area contributed by atoms with Crippen molar-refractivity contribution in [2.75, 3.05) is 17.8 Å². The SMILES string of the molecule is Cc1ccc2c(c1)nc(SCC(=O)O)n2CCS(C)=O. The van der Waals surface area contributed by atoms with Crippen LogP contribution in [0.25, 0.3) is 11.0 Å². The van der Waals surface area contributed by atoms with Gasteiger partial charge in [-0.1, -0.05) is 17.8 Å². The summed E-state index contributed by atoms with van der Waals surface area (Å²) in [7, 11) is -0.893.